The molecule has 1 fully saturated rings. The molecule has 152 valence electrons. The number of carbonyl (C=O) groups is 2. The Balaban J connectivity index is 1.69. The third kappa shape index (κ3) is 4.88. The van der Waals surface area contributed by atoms with E-state index in [0.717, 1.165) is 22.5 Å². The lowest BCUT2D eigenvalue weighted by Crippen LogP contribution is -2.30. The molecule has 0 spiro atoms. The highest BCUT2D eigenvalue weighted by Gasteiger charge is 2.37. The molecule has 1 saturated heterocycles. The van der Waals surface area contributed by atoms with Crippen LogP contribution >= 0.6 is 11.8 Å². The largest absolute Gasteiger partial charge is 0.326 e. The van der Waals surface area contributed by atoms with Gasteiger partial charge in [-0.3, -0.25) is 14.5 Å². The van der Waals surface area contributed by atoms with E-state index in [-0.39, 0.29) is 18.2 Å². The molecule has 1 N–H and O–H groups in total. The molecule has 1 atom stereocenters. The number of nitrogens with one attached hydrogen (secondary N) is 1. The van der Waals surface area contributed by atoms with Crippen LogP contribution in [0, 0.1) is 13.8 Å². The monoisotopic (exact) mass is 409 g/mol. The van der Waals surface area contributed by atoms with E-state index in [4.69, 9.17) is 0 Å². The molecule has 2 aromatic rings. The second-order valence-electron chi connectivity index (χ2n) is 7.66. The van der Waals surface area contributed by atoms with Crippen molar-refractivity contribution in [3.63, 3.8) is 0 Å². The highest BCUT2D eigenvalue weighted by atomic mass is 32.2. The van der Waals surface area contributed by atoms with Gasteiger partial charge in [-0.2, -0.15) is 0 Å². The molecule has 3 rings (SSSR count). The number of para-hydroxylation sites is 1. The second kappa shape index (κ2) is 8.82. The molecule has 6 heteroatoms. The minimum atomic E-state index is -0.460. The maximum absolute atomic E-state index is 12.6. The van der Waals surface area contributed by atoms with Crippen LogP contribution in [-0.2, 0) is 9.59 Å². The van der Waals surface area contributed by atoms with Crippen LogP contribution in [0.15, 0.2) is 47.5 Å². The van der Waals surface area contributed by atoms with Crippen molar-refractivity contribution in [3.8, 4) is 0 Å². The van der Waals surface area contributed by atoms with E-state index in [1.807, 2.05) is 44.2 Å². The maximum Gasteiger partial charge on any atom is 0.242 e. The Morgan fingerprint density at radius 3 is 2.34 bits per heavy atom. The molecule has 5 nitrogen and oxygen atoms in total. The van der Waals surface area contributed by atoms with Gasteiger partial charge in [-0.1, -0.05) is 55.9 Å². The van der Waals surface area contributed by atoms with Crippen LogP contribution in [0.3, 0.4) is 0 Å². The number of amides is 2. The molecule has 0 saturated carbocycles. The lowest BCUT2D eigenvalue weighted by Gasteiger charge is -2.12. The quantitative estimate of drug-likeness (QED) is 0.754. The van der Waals surface area contributed by atoms with Crippen LogP contribution in [0.5, 0.6) is 0 Å². The summed E-state index contributed by atoms with van der Waals surface area (Å²) in [7, 11) is 1.71. The van der Waals surface area contributed by atoms with E-state index < -0.39 is 5.25 Å². The lowest BCUT2D eigenvalue weighted by atomic mass is 10.0. The molecule has 0 unspecified atom stereocenters. The van der Waals surface area contributed by atoms with Gasteiger partial charge in [-0.05, 0) is 48.6 Å². The van der Waals surface area contributed by atoms with E-state index in [1.165, 1.54) is 22.2 Å². The van der Waals surface area contributed by atoms with Gasteiger partial charge in [0.25, 0.3) is 0 Å². The molecule has 2 aromatic carbocycles. The molecule has 0 bridgehead atoms. The van der Waals surface area contributed by atoms with E-state index in [9.17, 15) is 9.59 Å². The summed E-state index contributed by atoms with van der Waals surface area (Å²) in [6.07, 6.45) is 0.118. The van der Waals surface area contributed by atoms with Crippen LogP contribution in [0.4, 0.5) is 11.4 Å². The summed E-state index contributed by atoms with van der Waals surface area (Å²) in [6.45, 7) is 8.21. The average Bonchev–Trinajstić information content (AvgIpc) is 2.93. The van der Waals surface area contributed by atoms with Gasteiger partial charge in [0.2, 0.25) is 11.8 Å². The molecule has 1 aliphatic heterocycles. The standard InChI is InChI=1S/C23H27N3O2S/c1-14(2)17-9-11-18(12-10-17)24-23-26(5)22(28)19(29-23)13-20(27)25-21-15(3)7-6-8-16(21)4/h6-12,14,19H,13H2,1-5H3,(H,25,27)/t19-/m0/s1. The van der Waals surface area contributed by atoms with Crippen molar-refractivity contribution >= 4 is 40.1 Å². The first-order valence-electron chi connectivity index (χ1n) is 9.75. The number of hydrogen-bond acceptors (Lipinski definition) is 4. The van der Waals surface area contributed by atoms with Gasteiger partial charge in [-0.15, -0.1) is 0 Å². The van der Waals surface area contributed by atoms with Crippen molar-refractivity contribution in [1.82, 2.24) is 4.90 Å². The van der Waals surface area contributed by atoms with E-state index in [2.05, 4.69) is 36.3 Å². The van der Waals surface area contributed by atoms with Crippen molar-refractivity contribution in [2.24, 2.45) is 4.99 Å². The number of thioether (sulfide) groups is 1. The molecular weight excluding hydrogens is 382 g/mol. The van der Waals surface area contributed by atoms with Gasteiger partial charge in [-0.25, -0.2) is 4.99 Å². The molecule has 0 aliphatic carbocycles. The van der Waals surface area contributed by atoms with E-state index >= 15 is 0 Å². The zero-order valence-corrected chi connectivity index (χ0v) is 18.3. The molecular formula is C23H27N3O2S. The summed E-state index contributed by atoms with van der Waals surface area (Å²) < 4.78 is 0. The van der Waals surface area contributed by atoms with Crippen LogP contribution in [0.2, 0.25) is 0 Å². The lowest BCUT2D eigenvalue weighted by molar-refractivity contribution is -0.127. The first kappa shape index (κ1) is 21.1. The fourth-order valence-electron chi connectivity index (χ4n) is 3.21. The van der Waals surface area contributed by atoms with Gasteiger partial charge in [0.15, 0.2) is 5.17 Å². The Morgan fingerprint density at radius 1 is 1.14 bits per heavy atom. The fraction of sp³-hybridized carbons (Fsp3) is 0.348. The van der Waals surface area contributed by atoms with E-state index in [1.54, 1.807) is 7.05 Å². The van der Waals surface area contributed by atoms with Crippen LogP contribution in [-0.4, -0.2) is 34.2 Å². The number of aryl methyl sites for hydroxylation is 2. The summed E-state index contributed by atoms with van der Waals surface area (Å²) in [5, 5.41) is 3.12. The van der Waals surface area contributed by atoms with Crippen LogP contribution in [0.25, 0.3) is 0 Å². The van der Waals surface area contributed by atoms with Gasteiger partial charge < -0.3 is 5.32 Å². The van der Waals surface area contributed by atoms with Gasteiger partial charge >= 0.3 is 0 Å². The topological polar surface area (TPSA) is 61.8 Å². The van der Waals surface area contributed by atoms with Crippen molar-refractivity contribution in [3.05, 3.63) is 59.2 Å². The maximum atomic E-state index is 12.6. The summed E-state index contributed by atoms with van der Waals surface area (Å²) in [4.78, 5) is 31.3. The van der Waals surface area contributed by atoms with Gasteiger partial charge in [0.05, 0.1) is 5.69 Å². The molecule has 2 amide bonds. The summed E-state index contributed by atoms with van der Waals surface area (Å²) in [5.41, 5.74) is 4.89. The first-order valence-corrected chi connectivity index (χ1v) is 10.6. The Bertz CT molecular complexity index is 931. The third-order valence-electron chi connectivity index (χ3n) is 5.04. The zero-order valence-electron chi connectivity index (χ0n) is 17.5. The second-order valence-corrected chi connectivity index (χ2v) is 8.83. The smallest absolute Gasteiger partial charge is 0.242 e. The minimum Gasteiger partial charge on any atom is -0.326 e. The number of anilines is 1. The summed E-state index contributed by atoms with van der Waals surface area (Å²) >= 11 is 1.35. The number of benzene rings is 2. The minimum absolute atomic E-state index is 0.0933. The molecule has 0 radical (unpaired) electrons. The fourth-order valence-corrected chi connectivity index (χ4v) is 4.37. The number of nitrogens with zero attached hydrogens (tertiary/aromatic N) is 2. The van der Waals surface area contributed by atoms with Gasteiger partial charge in [0, 0.05) is 19.2 Å². The van der Waals surface area contributed by atoms with Gasteiger partial charge in [0.1, 0.15) is 5.25 Å². The Morgan fingerprint density at radius 2 is 1.76 bits per heavy atom. The predicted octanol–water partition coefficient (Wildman–Crippen LogP) is 5.02. The van der Waals surface area contributed by atoms with Crippen molar-refractivity contribution < 1.29 is 9.59 Å². The zero-order chi connectivity index (χ0) is 21.1. The number of carbonyl (C=O) groups excluding carboxylic acids is 2. The number of hydrogen-bond donors (Lipinski definition) is 1. The normalized spacial score (nSPS) is 18.0. The molecule has 1 aliphatic rings. The Labute approximate surface area is 176 Å². The number of amidine groups is 1. The third-order valence-corrected chi connectivity index (χ3v) is 6.27. The SMILES string of the molecule is Cc1cccc(C)c1NC(=O)C[C@@H]1SC(=Nc2ccc(C(C)C)cc2)N(C)C1=O. The Hall–Kier alpha value is -2.60. The molecule has 0 aromatic heterocycles. The summed E-state index contributed by atoms with van der Waals surface area (Å²) in [6, 6.07) is 13.9. The molecule has 29 heavy (non-hydrogen) atoms. The van der Waals surface area contributed by atoms with Crippen molar-refractivity contribution in [2.75, 3.05) is 12.4 Å². The molecule has 1 heterocycles. The summed E-state index contributed by atoms with van der Waals surface area (Å²) in [5.74, 6) is 0.204. The highest BCUT2D eigenvalue weighted by molar-refractivity contribution is 8.15. The van der Waals surface area contributed by atoms with Crippen LogP contribution < -0.4 is 5.32 Å². The van der Waals surface area contributed by atoms with E-state index in [0.29, 0.717) is 11.1 Å². The number of rotatable bonds is 5. The number of aliphatic imine (C=N–C) groups is 1. The Kier molecular flexibility index (Phi) is 6.42. The average molecular weight is 410 g/mol. The van der Waals surface area contributed by atoms with Crippen molar-refractivity contribution in [2.45, 2.75) is 45.3 Å². The predicted molar refractivity (Wildman–Crippen MR) is 121 cm³/mol. The van der Waals surface area contributed by atoms with Crippen molar-refractivity contribution in [1.29, 1.82) is 0 Å². The highest BCUT2D eigenvalue weighted by Crippen LogP contribution is 2.31. The first-order chi connectivity index (χ1) is 13.8. The van der Waals surface area contributed by atoms with Crippen LogP contribution in [0.1, 0.15) is 42.9 Å².